The third kappa shape index (κ3) is 4.44. The van der Waals surface area contributed by atoms with E-state index >= 15 is 0 Å². The number of benzene rings is 1. The lowest BCUT2D eigenvalue weighted by molar-refractivity contribution is 0.602. The minimum absolute atomic E-state index is 0.337. The Morgan fingerprint density at radius 3 is 2.41 bits per heavy atom. The van der Waals surface area contributed by atoms with Gasteiger partial charge in [0, 0.05) is 19.8 Å². The summed E-state index contributed by atoms with van der Waals surface area (Å²) < 4.78 is 22.5. The van der Waals surface area contributed by atoms with Crippen molar-refractivity contribution in [2.75, 3.05) is 19.8 Å². The molecule has 1 aromatic carbocycles. The Morgan fingerprint density at radius 2 is 1.94 bits per heavy atom. The van der Waals surface area contributed by atoms with Crippen LogP contribution < -0.4 is 11.1 Å². The fraction of sp³-hybridized carbons (Fsp3) is 0.364. The lowest BCUT2D eigenvalue weighted by Gasteiger charge is -2.05. The zero-order valence-corrected chi connectivity index (χ0v) is 10.8. The number of sulfone groups is 1. The largest absolute Gasteiger partial charge is 0.370 e. The van der Waals surface area contributed by atoms with Crippen molar-refractivity contribution in [3.8, 4) is 0 Å². The molecule has 0 spiro atoms. The van der Waals surface area contributed by atoms with Crippen molar-refractivity contribution in [3.63, 3.8) is 0 Å². The molecule has 1 rings (SSSR count). The summed E-state index contributed by atoms with van der Waals surface area (Å²) in [4.78, 5) is 4.11. The van der Waals surface area contributed by atoms with E-state index in [0.717, 1.165) is 12.0 Å². The summed E-state index contributed by atoms with van der Waals surface area (Å²) in [5.41, 5.74) is 6.53. The van der Waals surface area contributed by atoms with Gasteiger partial charge in [-0.25, -0.2) is 8.42 Å². The van der Waals surface area contributed by atoms with Crippen LogP contribution in [0.15, 0.2) is 34.2 Å². The Labute approximate surface area is 102 Å². The Morgan fingerprint density at radius 1 is 1.35 bits per heavy atom. The number of guanidine groups is 1. The Kier molecular flexibility index (Phi) is 4.51. The van der Waals surface area contributed by atoms with E-state index in [1.165, 1.54) is 6.26 Å². The molecule has 0 atom stereocenters. The molecule has 5 nitrogen and oxygen atoms in total. The van der Waals surface area contributed by atoms with E-state index < -0.39 is 9.84 Å². The van der Waals surface area contributed by atoms with Crippen molar-refractivity contribution in [1.82, 2.24) is 5.32 Å². The SMILES string of the molecule is CN=C(N)NCCc1ccc(S(C)(=O)=O)cc1. The second-order valence-electron chi connectivity index (χ2n) is 3.70. The van der Waals surface area contributed by atoms with Crippen LogP contribution in [-0.2, 0) is 16.3 Å². The molecule has 0 amide bonds. The van der Waals surface area contributed by atoms with Crippen LogP contribution in [0.1, 0.15) is 5.56 Å². The van der Waals surface area contributed by atoms with Crippen LogP contribution in [0.5, 0.6) is 0 Å². The molecular weight excluding hydrogens is 238 g/mol. The van der Waals surface area contributed by atoms with Crippen molar-refractivity contribution in [2.45, 2.75) is 11.3 Å². The zero-order chi connectivity index (χ0) is 12.9. The van der Waals surface area contributed by atoms with Crippen molar-refractivity contribution in [2.24, 2.45) is 10.7 Å². The maximum absolute atomic E-state index is 11.2. The number of hydrogen-bond acceptors (Lipinski definition) is 3. The molecule has 3 N–H and O–H groups in total. The van der Waals surface area contributed by atoms with Gasteiger partial charge in [0.1, 0.15) is 0 Å². The minimum atomic E-state index is -3.11. The number of nitrogens with zero attached hydrogens (tertiary/aromatic N) is 1. The van der Waals surface area contributed by atoms with Gasteiger partial charge in [0.15, 0.2) is 15.8 Å². The number of hydrogen-bond donors (Lipinski definition) is 2. The molecule has 94 valence electrons. The summed E-state index contributed by atoms with van der Waals surface area (Å²) in [7, 11) is -1.50. The van der Waals surface area contributed by atoms with Gasteiger partial charge in [0.2, 0.25) is 0 Å². The van der Waals surface area contributed by atoms with Gasteiger partial charge in [-0.15, -0.1) is 0 Å². The third-order valence-corrected chi connectivity index (χ3v) is 3.44. The lowest BCUT2D eigenvalue weighted by Crippen LogP contribution is -2.32. The van der Waals surface area contributed by atoms with Crippen molar-refractivity contribution in [3.05, 3.63) is 29.8 Å². The fourth-order valence-electron chi connectivity index (χ4n) is 1.32. The summed E-state index contributed by atoms with van der Waals surface area (Å²) in [6.45, 7) is 0.668. The lowest BCUT2D eigenvalue weighted by atomic mass is 10.1. The minimum Gasteiger partial charge on any atom is -0.370 e. The molecule has 0 aromatic heterocycles. The number of nitrogens with two attached hydrogens (primary N) is 1. The molecule has 0 saturated carbocycles. The average molecular weight is 255 g/mol. The van der Waals surface area contributed by atoms with Gasteiger partial charge in [-0.05, 0) is 24.1 Å². The monoisotopic (exact) mass is 255 g/mol. The van der Waals surface area contributed by atoms with E-state index in [0.29, 0.717) is 17.4 Å². The molecule has 0 aliphatic rings. The standard InChI is InChI=1S/C11H17N3O2S/c1-13-11(12)14-8-7-9-3-5-10(6-4-9)17(2,15)16/h3-6H,7-8H2,1-2H3,(H3,12,13,14). The smallest absolute Gasteiger partial charge is 0.188 e. The van der Waals surface area contributed by atoms with Crippen LogP contribution >= 0.6 is 0 Å². The van der Waals surface area contributed by atoms with E-state index in [2.05, 4.69) is 10.3 Å². The molecule has 0 fully saturated rings. The predicted octanol–water partition coefficient (Wildman–Crippen LogP) is 0.167. The molecule has 17 heavy (non-hydrogen) atoms. The normalized spacial score (nSPS) is 12.5. The van der Waals surface area contributed by atoms with E-state index in [4.69, 9.17) is 5.73 Å². The van der Waals surface area contributed by atoms with E-state index in [9.17, 15) is 8.42 Å². The molecule has 0 heterocycles. The quantitative estimate of drug-likeness (QED) is 0.593. The fourth-order valence-corrected chi connectivity index (χ4v) is 1.95. The molecule has 6 heteroatoms. The zero-order valence-electron chi connectivity index (χ0n) is 9.97. The molecule has 1 aromatic rings. The molecule has 0 radical (unpaired) electrons. The van der Waals surface area contributed by atoms with Crippen molar-refractivity contribution < 1.29 is 8.42 Å². The van der Waals surface area contributed by atoms with Gasteiger partial charge in [-0.3, -0.25) is 4.99 Å². The van der Waals surface area contributed by atoms with Crippen LogP contribution in [0, 0.1) is 0 Å². The summed E-state index contributed by atoms with van der Waals surface area (Å²) >= 11 is 0. The highest BCUT2D eigenvalue weighted by atomic mass is 32.2. The highest BCUT2D eigenvalue weighted by Crippen LogP contribution is 2.10. The van der Waals surface area contributed by atoms with Crippen LogP contribution in [0.2, 0.25) is 0 Å². The third-order valence-electron chi connectivity index (χ3n) is 2.31. The average Bonchev–Trinajstić information content (AvgIpc) is 2.28. The number of aliphatic imine (C=N–C) groups is 1. The number of rotatable bonds is 4. The van der Waals surface area contributed by atoms with Crippen molar-refractivity contribution >= 4 is 15.8 Å². The summed E-state index contributed by atoms with van der Waals surface area (Å²) in [6.07, 6.45) is 1.96. The Hall–Kier alpha value is -1.56. The van der Waals surface area contributed by atoms with E-state index in [-0.39, 0.29) is 0 Å². The molecule has 0 bridgehead atoms. The van der Waals surface area contributed by atoms with E-state index in [1.807, 2.05) is 0 Å². The molecule has 0 unspecified atom stereocenters. The molecule has 0 aliphatic carbocycles. The van der Waals surface area contributed by atoms with Crippen LogP contribution in [0.25, 0.3) is 0 Å². The van der Waals surface area contributed by atoms with Crippen LogP contribution in [-0.4, -0.2) is 34.2 Å². The first-order valence-electron chi connectivity index (χ1n) is 5.18. The summed E-state index contributed by atoms with van der Waals surface area (Å²) in [5, 5.41) is 2.94. The first kappa shape index (κ1) is 13.5. The molecule has 0 aliphatic heterocycles. The first-order chi connectivity index (χ1) is 7.93. The van der Waals surface area contributed by atoms with Gasteiger partial charge in [-0.1, -0.05) is 12.1 Å². The van der Waals surface area contributed by atoms with Gasteiger partial charge < -0.3 is 11.1 Å². The number of nitrogens with one attached hydrogen (secondary N) is 1. The van der Waals surface area contributed by atoms with Crippen LogP contribution in [0.4, 0.5) is 0 Å². The second kappa shape index (κ2) is 5.67. The van der Waals surface area contributed by atoms with E-state index in [1.54, 1.807) is 31.3 Å². The highest BCUT2D eigenvalue weighted by molar-refractivity contribution is 7.90. The first-order valence-corrected chi connectivity index (χ1v) is 7.08. The van der Waals surface area contributed by atoms with Gasteiger partial charge in [-0.2, -0.15) is 0 Å². The Bertz CT molecular complexity index is 492. The molecular formula is C11H17N3O2S. The van der Waals surface area contributed by atoms with Gasteiger partial charge in [0.05, 0.1) is 4.90 Å². The summed E-state index contributed by atoms with van der Waals surface area (Å²) in [6, 6.07) is 6.83. The van der Waals surface area contributed by atoms with Gasteiger partial charge in [0.25, 0.3) is 0 Å². The maximum Gasteiger partial charge on any atom is 0.188 e. The molecule has 0 saturated heterocycles. The Balaban J connectivity index is 2.58. The van der Waals surface area contributed by atoms with Crippen LogP contribution in [0.3, 0.4) is 0 Å². The topological polar surface area (TPSA) is 84.5 Å². The predicted molar refractivity (Wildman–Crippen MR) is 68.8 cm³/mol. The highest BCUT2D eigenvalue weighted by Gasteiger charge is 2.05. The maximum atomic E-state index is 11.2. The second-order valence-corrected chi connectivity index (χ2v) is 5.72. The van der Waals surface area contributed by atoms with Gasteiger partial charge >= 0.3 is 0 Å². The summed E-state index contributed by atoms with van der Waals surface area (Å²) in [5.74, 6) is 0.401. The van der Waals surface area contributed by atoms with Crippen molar-refractivity contribution in [1.29, 1.82) is 0 Å².